The van der Waals surface area contributed by atoms with Crippen molar-refractivity contribution in [2.45, 2.75) is 70.3 Å². The monoisotopic (exact) mass is 895 g/mol. The van der Waals surface area contributed by atoms with Gasteiger partial charge in [-0.05, 0) is 30.0 Å². The molecule has 5 amide bonds. The van der Waals surface area contributed by atoms with Crippen LogP contribution in [0.1, 0.15) is 45.1 Å². The Kier molecular flexibility index (Phi) is 16.6. The highest BCUT2D eigenvalue weighted by Gasteiger charge is 2.34. The molecule has 5 rings (SSSR count). The number of amides is 5. The number of hydrogen-bond acceptors (Lipinski definition) is 15. The standard InChI is InChI=1S/C45H49N7O13/c1-24(2)39(52-41(56)31(17-18-36(53)61-3)49-43(58)33(22-38(55)63-5)51-45(60)64-23-25-11-7-6-8-12-25)44(59)50-32(21-37(54)62-4)42(57)47-26-15-16-30-34(19-26)65-35-20-29(46)27-13-9-10-14-28(27)40(35)48-30/h6-16,19-20,24,31-33,39H,17-18,21-23,46H2,1-5H3,(H,49,58)(H,50,59)(H,51,60)(H,52,56). The first-order valence-corrected chi connectivity index (χ1v) is 20.3. The Bertz CT molecular complexity index is 2610. The number of nitrogens with two attached hydrogens (primary N) is 1. The third-order valence-corrected chi connectivity index (χ3v) is 10.0. The molecule has 342 valence electrons. The van der Waals surface area contributed by atoms with Crippen molar-refractivity contribution in [3.63, 3.8) is 0 Å². The topological polar surface area (TPSA) is 286 Å². The molecular formula is C45H49N7O13. The Labute approximate surface area is 371 Å². The van der Waals surface area contributed by atoms with Gasteiger partial charge in [-0.25, -0.2) is 14.8 Å². The third-order valence-electron chi connectivity index (χ3n) is 10.0. The lowest BCUT2D eigenvalue weighted by Gasteiger charge is -2.27. The lowest BCUT2D eigenvalue weighted by molar-refractivity contribution is -0.144. The summed E-state index contributed by atoms with van der Waals surface area (Å²) in [5, 5.41) is 11.4. The van der Waals surface area contributed by atoms with Gasteiger partial charge in [0.1, 0.15) is 42.0 Å². The lowest BCUT2D eigenvalue weighted by atomic mass is 10.0. The molecular weight excluding hydrogens is 847 g/mol. The zero-order valence-corrected chi connectivity index (χ0v) is 36.2. The molecule has 65 heavy (non-hydrogen) atoms. The maximum absolute atomic E-state index is 13.9. The first kappa shape index (κ1) is 48.1. The molecule has 4 atom stereocenters. The number of hydrogen-bond donors (Lipinski definition) is 5. The van der Waals surface area contributed by atoms with Gasteiger partial charge in [-0.2, -0.15) is 0 Å². The normalized spacial score (nSPS) is 13.2. The minimum absolute atomic E-state index is 0.104. The highest BCUT2D eigenvalue weighted by molar-refractivity contribution is 6.09. The van der Waals surface area contributed by atoms with Gasteiger partial charge < -0.3 is 50.4 Å². The molecule has 0 bridgehead atoms. The number of carbonyl (C=O) groups excluding carboxylic acids is 8. The number of nitrogen functional groups attached to an aromatic ring is 1. The van der Waals surface area contributed by atoms with E-state index in [-0.39, 0.29) is 30.6 Å². The van der Waals surface area contributed by atoms with E-state index in [1.165, 1.54) is 12.1 Å². The molecule has 20 heteroatoms. The number of esters is 3. The molecule has 0 saturated carbocycles. The van der Waals surface area contributed by atoms with Gasteiger partial charge in [-0.3, -0.25) is 33.6 Å². The highest BCUT2D eigenvalue weighted by Crippen LogP contribution is 2.32. The Morgan fingerprint density at radius 1 is 0.692 bits per heavy atom. The average Bonchev–Trinajstić information content (AvgIpc) is 3.30. The second-order valence-electron chi connectivity index (χ2n) is 15.0. The van der Waals surface area contributed by atoms with Crippen molar-refractivity contribution >= 4 is 75.2 Å². The van der Waals surface area contributed by atoms with Gasteiger partial charge >= 0.3 is 24.0 Å². The molecule has 3 aromatic rings. The van der Waals surface area contributed by atoms with Gasteiger partial charge in [-0.15, -0.1) is 0 Å². The van der Waals surface area contributed by atoms with Crippen LogP contribution in [0.2, 0.25) is 0 Å². The summed E-state index contributed by atoms with van der Waals surface area (Å²) in [6.45, 7) is 3.00. The number of alkyl carbamates (subject to hydrolysis) is 1. The largest absolute Gasteiger partial charge is 0.469 e. The molecule has 0 spiro atoms. The van der Waals surface area contributed by atoms with Crippen molar-refractivity contribution in [2.24, 2.45) is 10.9 Å². The Morgan fingerprint density at radius 3 is 1.97 bits per heavy atom. The van der Waals surface area contributed by atoms with Crippen molar-refractivity contribution in [1.82, 2.24) is 26.3 Å². The van der Waals surface area contributed by atoms with Crippen molar-refractivity contribution in [2.75, 3.05) is 27.1 Å². The first-order chi connectivity index (χ1) is 31.1. The van der Waals surface area contributed by atoms with E-state index >= 15 is 0 Å². The van der Waals surface area contributed by atoms with Crippen LogP contribution in [0.25, 0.3) is 33.3 Å². The minimum Gasteiger partial charge on any atom is -0.469 e. The number of ether oxygens (including phenoxy) is 4. The zero-order valence-electron chi connectivity index (χ0n) is 36.2. The number of nitrogens with zero attached hydrogens (tertiary/aromatic N) is 2. The number of aromatic nitrogens is 1. The van der Waals surface area contributed by atoms with E-state index in [0.717, 1.165) is 32.1 Å². The van der Waals surface area contributed by atoms with Crippen LogP contribution in [-0.2, 0) is 59.1 Å². The molecule has 0 fully saturated rings. The molecule has 4 unspecified atom stereocenters. The molecule has 0 aromatic heterocycles. The predicted octanol–water partition coefficient (Wildman–Crippen LogP) is 2.58. The first-order valence-electron chi connectivity index (χ1n) is 20.3. The van der Waals surface area contributed by atoms with Gasteiger partial charge in [0.15, 0.2) is 11.3 Å². The summed E-state index contributed by atoms with van der Waals surface area (Å²) in [6, 6.07) is 16.2. The van der Waals surface area contributed by atoms with Gasteiger partial charge in [0.2, 0.25) is 17.7 Å². The summed E-state index contributed by atoms with van der Waals surface area (Å²) in [4.78, 5) is 114. The number of rotatable bonds is 18. The van der Waals surface area contributed by atoms with E-state index in [4.69, 9.17) is 29.3 Å². The summed E-state index contributed by atoms with van der Waals surface area (Å²) in [5.41, 5.74) is 8.80. The van der Waals surface area contributed by atoms with Crippen molar-refractivity contribution in [3.8, 4) is 11.5 Å². The maximum Gasteiger partial charge on any atom is 0.408 e. The summed E-state index contributed by atoms with van der Waals surface area (Å²) in [7, 11) is 3.29. The summed E-state index contributed by atoms with van der Waals surface area (Å²) >= 11 is 0. The van der Waals surface area contributed by atoms with Crippen LogP contribution in [0.5, 0.6) is 0 Å². The fourth-order valence-electron chi connectivity index (χ4n) is 6.52. The van der Waals surface area contributed by atoms with Crippen LogP contribution in [0.3, 0.4) is 0 Å². The predicted molar refractivity (Wildman–Crippen MR) is 232 cm³/mol. The Balaban J connectivity index is 1.35. The van der Waals surface area contributed by atoms with E-state index in [1.54, 1.807) is 56.3 Å². The molecule has 1 aliphatic carbocycles. The maximum atomic E-state index is 13.9. The molecule has 2 aliphatic rings. The second-order valence-corrected chi connectivity index (χ2v) is 15.0. The fraction of sp³-hybridized carbons (Fsp3) is 0.333. The number of nitrogens with one attached hydrogen (secondary N) is 4. The van der Waals surface area contributed by atoms with Gasteiger partial charge in [0, 0.05) is 35.0 Å². The third kappa shape index (κ3) is 13.1. The number of methoxy groups -OCH3 is 3. The van der Waals surface area contributed by atoms with Gasteiger partial charge in [0.25, 0.3) is 5.91 Å². The van der Waals surface area contributed by atoms with E-state index < -0.39 is 90.6 Å². The van der Waals surface area contributed by atoms with Crippen LogP contribution >= 0.6 is 0 Å². The molecule has 0 radical (unpaired) electrons. The minimum atomic E-state index is -1.61. The number of fused-ring (bicyclic) bond motifs is 4. The molecule has 3 aromatic carbocycles. The number of anilines is 1. The number of benzene rings is 4. The van der Waals surface area contributed by atoms with Crippen LogP contribution in [0, 0.1) is 5.92 Å². The van der Waals surface area contributed by atoms with Crippen molar-refractivity contribution in [1.29, 1.82) is 0 Å². The molecule has 1 heterocycles. The van der Waals surface area contributed by atoms with Gasteiger partial charge in [-0.1, -0.05) is 68.4 Å². The number of carbonyl (C=O) groups is 8. The smallest absolute Gasteiger partial charge is 0.408 e. The fourth-order valence-corrected chi connectivity index (χ4v) is 6.52. The Morgan fingerprint density at radius 2 is 1.31 bits per heavy atom. The van der Waals surface area contributed by atoms with Gasteiger partial charge in [0.05, 0.1) is 39.5 Å². The summed E-state index contributed by atoms with van der Waals surface area (Å²) < 4.78 is 25.5. The zero-order chi connectivity index (χ0) is 47.2. The van der Waals surface area contributed by atoms with Crippen LogP contribution in [0.4, 0.5) is 10.5 Å². The van der Waals surface area contributed by atoms with Crippen molar-refractivity contribution in [3.05, 3.63) is 89.8 Å². The van der Waals surface area contributed by atoms with E-state index in [0.29, 0.717) is 28.0 Å². The quantitative estimate of drug-likeness (QED) is 0.0278. The molecule has 20 nitrogen and oxygen atoms in total. The highest BCUT2D eigenvalue weighted by atomic mass is 16.6. The molecule has 6 N–H and O–H groups in total. The van der Waals surface area contributed by atoms with E-state index in [9.17, 15) is 38.4 Å². The van der Waals surface area contributed by atoms with Crippen molar-refractivity contribution < 1.29 is 61.7 Å². The summed E-state index contributed by atoms with van der Waals surface area (Å²) in [6.07, 6.45) is -3.10. The SMILES string of the molecule is COC(=O)CCC(NC(=O)C(CC(=O)OC)NC(=O)OCc1ccccc1)C(=O)NC(C(=O)NC(CC(=O)OC)C(=O)N=c1ccc2nc3c(cc(N)c4ccccc43)oc-2c1)C(C)C. The molecule has 0 saturated heterocycles. The van der Waals surface area contributed by atoms with Crippen LogP contribution in [0.15, 0.2) is 88.3 Å². The van der Waals surface area contributed by atoms with E-state index in [1.807, 2.05) is 24.3 Å². The molecule has 1 aliphatic heterocycles. The van der Waals surface area contributed by atoms with Crippen LogP contribution < -0.4 is 32.4 Å². The second kappa shape index (κ2) is 22.5. The van der Waals surface area contributed by atoms with Crippen LogP contribution in [-0.4, -0.2) is 98.1 Å². The summed E-state index contributed by atoms with van der Waals surface area (Å²) in [5.74, 6) is -6.73. The lowest BCUT2D eigenvalue weighted by Crippen LogP contribution is -2.59. The van der Waals surface area contributed by atoms with E-state index in [2.05, 4.69) is 31.0 Å². The Hall–Kier alpha value is -7.90. The average molecular weight is 896 g/mol.